The van der Waals surface area contributed by atoms with Crippen LogP contribution in [-0.4, -0.2) is 37.2 Å². The second-order valence-corrected chi connectivity index (χ2v) is 9.22. The fraction of sp³-hybridized carbons (Fsp3) is 0.350. The summed E-state index contributed by atoms with van der Waals surface area (Å²) in [5, 5.41) is 0. The van der Waals surface area contributed by atoms with Crippen LogP contribution in [0.2, 0.25) is 0 Å². The Morgan fingerprint density at radius 2 is 1.62 bits per heavy atom. The molecule has 1 spiro atoms. The molecule has 1 saturated heterocycles. The molecule has 29 heavy (non-hydrogen) atoms. The number of carbonyl (C=O) groups is 1. The van der Waals surface area contributed by atoms with Crippen molar-refractivity contribution in [3.8, 4) is 5.75 Å². The van der Waals surface area contributed by atoms with Crippen molar-refractivity contribution in [3.63, 3.8) is 0 Å². The van der Waals surface area contributed by atoms with E-state index in [0.29, 0.717) is 0 Å². The normalized spacial score (nSPS) is 19.6. The van der Waals surface area contributed by atoms with Crippen LogP contribution in [0.15, 0.2) is 53.4 Å². The van der Waals surface area contributed by atoms with Gasteiger partial charge in [0, 0.05) is 25.9 Å². The van der Waals surface area contributed by atoms with Crippen molar-refractivity contribution in [2.75, 3.05) is 13.1 Å². The van der Waals surface area contributed by atoms with Crippen molar-refractivity contribution in [2.24, 2.45) is 0 Å². The number of hydrogen-bond donors (Lipinski definition) is 0. The molecule has 154 valence electrons. The zero-order valence-electron chi connectivity index (χ0n) is 15.3. The third-order valence-electron chi connectivity index (χ3n) is 5.44. The second kappa shape index (κ2) is 6.84. The third kappa shape index (κ3) is 3.53. The zero-order chi connectivity index (χ0) is 20.9. The van der Waals surface area contributed by atoms with Gasteiger partial charge >= 0.3 is 6.18 Å². The number of ether oxygens (including phenoxy) is 1. The Kier molecular flexibility index (Phi) is 4.70. The summed E-state index contributed by atoms with van der Waals surface area (Å²) in [6, 6.07) is 11.3. The largest absolute Gasteiger partial charge is 0.485 e. The number of halogens is 3. The maximum atomic E-state index is 13.4. The van der Waals surface area contributed by atoms with Gasteiger partial charge in [0.15, 0.2) is 5.78 Å². The summed E-state index contributed by atoms with van der Waals surface area (Å²) in [5.41, 5.74) is -2.19. The zero-order valence-corrected chi connectivity index (χ0v) is 16.1. The van der Waals surface area contributed by atoms with Gasteiger partial charge in [-0.1, -0.05) is 24.3 Å². The van der Waals surface area contributed by atoms with E-state index in [1.807, 2.05) is 0 Å². The molecule has 1 fully saturated rings. The molecule has 9 heteroatoms. The number of ketones is 1. The van der Waals surface area contributed by atoms with Crippen LogP contribution in [0.5, 0.6) is 5.75 Å². The van der Waals surface area contributed by atoms with Gasteiger partial charge in [-0.2, -0.15) is 17.5 Å². The van der Waals surface area contributed by atoms with Gasteiger partial charge in [-0.25, -0.2) is 8.42 Å². The van der Waals surface area contributed by atoms with Gasteiger partial charge in [0.2, 0.25) is 10.0 Å². The lowest BCUT2D eigenvalue weighted by atomic mass is 9.82. The lowest BCUT2D eigenvalue weighted by Crippen LogP contribution is -2.52. The minimum absolute atomic E-state index is 0.0635. The van der Waals surface area contributed by atoms with Crippen LogP contribution >= 0.6 is 0 Å². The molecule has 0 aliphatic carbocycles. The van der Waals surface area contributed by atoms with E-state index in [9.17, 15) is 26.4 Å². The summed E-state index contributed by atoms with van der Waals surface area (Å²) >= 11 is 0. The first-order valence-corrected chi connectivity index (χ1v) is 10.5. The summed E-state index contributed by atoms with van der Waals surface area (Å²) in [7, 11) is -3.71. The number of Topliss-reactive ketones (excluding diaryl/α,β-unsaturated/α-hetero) is 1. The Balaban J connectivity index is 1.60. The van der Waals surface area contributed by atoms with Crippen LogP contribution < -0.4 is 4.74 Å². The number of sulfonamides is 1. The number of carbonyl (C=O) groups excluding carboxylic acids is 1. The number of rotatable bonds is 2. The van der Waals surface area contributed by atoms with E-state index in [0.717, 1.165) is 6.07 Å². The first-order valence-electron chi connectivity index (χ1n) is 9.10. The highest BCUT2D eigenvalue weighted by Gasteiger charge is 2.48. The van der Waals surface area contributed by atoms with Crippen LogP contribution in [0.1, 0.15) is 35.2 Å². The number of benzene rings is 2. The number of fused-ring (bicyclic) bond motifs is 1. The summed E-state index contributed by atoms with van der Waals surface area (Å²) in [6.07, 6.45) is -4.45. The molecule has 2 aromatic rings. The van der Waals surface area contributed by atoms with E-state index in [1.54, 1.807) is 18.2 Å². The molecule has 0 atom stereocenters. The standard InChI is InChI=1S/C20H18F3NO4S/c21-20(22,23)16-8-4-7-15-17(25)13-19(28-18(15)16)9-11-24(12-10-19)29(26,27)14-5-2-1-3-6-14/h1-8H,9-13H2. The van der Waals surface area contributed by atoms with Gasteiger partial charge in [0.1, 0.15) is 11.4 Å². The topological polar surface area (TPSA) is 63.7 Å². The summed E-state index contributed by atoms with van der Waals surface area (Å²) in [5.74, 6) is -0.868. The predicted molar refractivity (Wildman–Crippen MR) is 98.2 cm³/mol. The lowest BCUT2D eigenvalue weighted by molar-refractivity contribution is -0.140. The fourth-order valence-corrected chi connectivity index (χ4v) is 5.35. The lowest BCUT2D eigenvalue weighted by Gasteiger charge is -2.44. The van der Waals surface area contributed by atoms with Gasteiger partial charge in [-0.15, -0.1) is 0 Å². The van der Waals surface area contributed by atoms with Crippen molar-refractivity contribution in [1.82, 2.24) is 4.31 Å². The van der Waals surface area contributed by atoms with E-state index >= 15 is 0 Å². The molecule has 0 unspecified atom stereocenters. The van der Waals surface area contributed by atoms with Crippen LogP contribution in [0, 0.1) is 0 Å². The minimum Gasteiger partial charge on any atom is -0.485 e. The molecule has 0 amide bonds. The molecule has 2 aliphatic heterocycles. The molecule has 0 radical (unpaired) electrons. The number of hydrogen-bond acceptors (Lipinski definition) is 4. The Morgan fingerprint density at radius 3 is 2.24 bits per heavy atom. The molecule has 2 aliphatic rings. The van der Waals surface area contributed by atoms with E-state index in [-0.39, 0.29) is 42.8 Å². The van der Waals surface area contributed by atoms with Crippen LogP contribution in [0.25, 0.3) is 0 Å². The summed E-state index contributed by atoms with van der Waals surface area (Å²) < 4.78 is 72.8. The molecule has 0 saturated carbocycles. The molecule has 5 nitrogen and oxygen atoms in total. The van der Waals surface area contributed by atoms with Crippen LogP contribution in [0.4, 0.5) is 13.2 Å². The Morgan fingerprint density at radius 1 is 0.966 bits per heavy atom. The van der Waals surface area contributed by atoms with E-state index < -0.39 is 38.9 Å². The average Bonchev–Trinajstić information content (AvgIpc) is 2.68. The smallest absolute Gasteiger partial charge is 0.419 e. The highest BCUT2D eigenvalue weighted by Crippen LogP contribution is 2.46. The first-order chi connectivity index (χ1) is 13.6. The third-order valence-corrected chi connectivity index (χ3v) is 7.35. The number of alkyl halides is 3. The monoisotopic (exact) mass is 425 g/mol. The van der Waals surface area contributed by atoms with Crippen molar-refractivity contribution in [2.45, 2.75) is 35.9 Å². The summed E-state index contributed by atoms with van der Waals surface area (Å²) in [4.78, 5) is 12.7. The second-order valence-electron chi connectivity index (χ2n) is 7.28. The first kappa shape index (κ1) is 19.9. The van der Waals surface area contributed by atoms with Gasteiger partial charge in [-0.3, -0.25) is 4.79 Å². The number of para-hydroxylation sites is 1. The van der Waals surface area contributed by atoms with Gasteiger partial charge in [0.05, 0.1) is 22.4 Å². The Labute approximate surface area is 166 Å². The molecule has 0 aromatic heterocycles. The molecule has 2 aromatic carbocycles. The number of nitrogens with zero attached hydrogens (tertiary/aromatic N) is 1. The SMILES string of the molecule is O=C1CC2(CCN(S(=O)(=O)c3ccccc3)CC2)Oc2c1cccc2C(F)(F)F. The molecular formula is C20H18F3NO4S. The quantitative estimate of drug-likeness (QED) is 0.732. The summed E-state index contributed by atoms with van der Waals surface area (Å²) in [6.45, 7) is 0.127. The van der Waals surface area contributed by atoms with Gasteiger partial charge < -0.3 is 4.74 Å². The Hall–Kier alpha value is -2.39. The number of piperidine rings is 1. The van der Waals surface area contributed by atoms with Crippen molar-refractivity contribution < 1.29 is 31.1 Å². The highest BCUT2D eigenvalue weighted by molar-refractivity contribution is 7.89. The van der Waals surface area contributed by atoms with Crippen molar-refractivity contribution in [3.05, 3.63) is 59.7 Å². The van der Waals surface area contributed by atoms with Crippen molar-refractivity contribution >= 4 is 15.8 Å². The van der Waals surface area contributed by atoms with Crippen molar-refractivity contribution in [1.29, 1.82) is 0 Å². The van der Waals surface area contributed by atoms with Gasteiger partial charge in [-0.05, 0) is 24.3 Å². The predicted octanol–water partition coefficient (Wildman–Crippen LogP) is 3.89. The van der Waals surface area contributed by atoms with E-state index in [4.69, 9.17) is 4.74 Å². The molecule has 2 heterocycles. The van der Waals surface area contributed by atoms with E-state index in [1.165, 1.54) is 28.6 Å². The van der Waals surface area contributed by atoms with Crippen LogP contribution in [0.3, 0.4) is 0 Å². The highest BCUT2D eigenvalue weighted by atomic mass is 32.2. The van der Waals surface area contributed by atoms with E-state index in [2.05, 4.69) is 0 Å². The molecule has 4 rings (SSSR count). The molecule has 0 N–H and O–H groups in total. The molecule has 0 bridgehead atoms. The maximum Gasteiger partial charge on any atom is 0.419 e. The Bertz CT molecular complexity index is 1040. The molecular weight excluding hydrogens is 407 g/mol. The van der Waals surface area contributed by atoms with Gasteiger partial charge in [0.25, 0.3) is 0 Å². The average molecular weight is 425 g/mol. The minimum atomic E-state index is -4.65. The fourth-order valence-electron chi connectivity index (χ4n) is 3.88. The van der Waals surface area contributed by atoms with Crippen LogP contribution in [-0.2, 0) is 16.2 Å². The maximum absolute atomic E-state index is 13.4.